The standard InChI is InChI=1S/C9H13F2N3O3S/c1-2-14-5-6(18(12,16)17)3-7(14)9(15)13-4-8(10)11/h3,5,8H,2,4H2,1H3,(H,13,15)(H2,12,16,17). The largest absolute Gasteiger partial charge is 0.345 e. The van der Waals surface area contributed by atoms with Crippen LogP contribution in [0.3, 0.4) is 0 Å². The first-order valence-electron chi connectivity index (χ1n) is 5.05. The molecule has 0 spiro atoms. The number of hydrogen-bond donors (Lipinski definition) is 2. The van der Waals surface area contributed by atoms with E-state index in [1.54, 1.807) is 6.92 Å². The van der Waals surface area contributed by atoms with Gasteiger partial charge in [-0.15, -0.1) is 0 Å². The van der Waals surface area contributed by atoms with Crippen LogP contribution in [0.2, 0.25) is 0 Å². The molecule has 0 aromatic carbocycles. The number of hydrogen-bond acceptors (Lipinski definition) is 3. The van der Waals surface area contributed by atoms with Gasteiger partial charge in [-0.2, -0.15) is 0 Å². The third-order valence-electron chi connectivity index (χ3n) is 2.19. The molecule has 0 saturated carbocycles. The van der Waals surface area contributed by atoms with Gasteiger partial charge in [-0.05, 0) is 13.0 Å². The molecule has 0 aliphatic rings. The van der Waals surface area contributed by atoms with Crippen molar-refractivity contribution in [1.82, 2.24) is 9.88 Å². The maximum atomic E-state index is 12.0. The maximum Gasteiger partial charge on any atom is 0.268 e. The van der Waals surface area contributed by atoms with E-state index in [9.17, 15) is 22.0 Å². The van der Waals surface area contributed by atoms with Gasteiger partial charge in [-0.3, -0.25) is 4.79 Å². The first kappa shape index (κ1) is 14.6. The number of sulfonamides is 1. The minimum Gasteiger partial charge on any atom is -0.345 e. The van der Waals surface area contributed by atoms with Gasteiger partial charge in [0, 0.05) is 12.7 Å². The van der Waals surface area contributed by atoms with Crippen LogP contribution in [-0.4, -0.2) is 31.9 Å². The molecule has 0 fully saturated rings. The smallest absolute Gasteiger partial charge is 0.268 e. The van der Waals surface area contributed by atoms with Gasteiger partial charge in [0.05, 0.1) is 6.54 Å². The number of alkyl halides is 2. The summed E-state index contributed by atoms with van der Waals surface area (Å²) in [6, 6.07) is 1.06. The van der Waals surface area contributed by atoms with Crippen LogP contribution in [0.5, 0.6) is 0 Å². The Balaban J connectivity index is 3.01. The van der Waals surface area contributed by atoms with Gasteiger partial charge in [0.15, 0.2) is 0 Å². The Morgan fingerprint density at radius 1 is 1.56 bits per heavy atom. The van der Waals surface area contributed by atoms with E-state index in [-0.39, 0.29) is 10.6 Å². The summed E-state index contributed by atoms with van der Waals surface area (Å²) in [5.74, 6) is -0.771. The normalized spacial score (nSPS) is 11.8. The minimum absolute atomic E-state index is 0.0258. The van der Waals surface area contributed by atoms with Gasteiger partial charge in [-0.1, -0.05) is 0 Å². The van der Waals surface area contributed by atoms with Crippen LogP contribution >= 0.6 is 0 Å². The number of rotatable bonds is 5. The molecule has 6 nitrogen and oxygen atoms in total. The molecule has 0 aliphatic carbocycles. The fraction of sp³-hybridized carbons (Fsp3) is 0.444. The summed E-state index contributed by atoms with van der Waals surface area (Å²) in [5.41, 5.74) is -0.0258. The van der Waals surface area contributed by atoms with Gasteiger partial charge in [0.25, 0.3) is 12.3 Å². The van der Waals surface area contributed by atoms with Gasteiger partial charge >= 0.3 is 0 Å². The molecule has 3 N–H and O–H groups in total. The molecule has 0 unspecified atom stereocenters. The summed E-state index contributed by atoms with van der Waals surface area (Å²) in [6.45, 7) is 1.20. The van der Waals surface area contributed by atoms with E-state index < -0.39 is 28.9 Å². The lowest BCUT2D eigenvalue weighted by atomic mass is 10.4. The van der Waals surface area contributed by atoms with Crippen LogP contribution in [0.4, 0.5) is 8.78 Å². The number of aromatic nitrogens is 1. The third-order valence-corrected chi connectivity index (χ3v) is 3.07. The number of carbonyl (C=O) groups excluding carboxylic acids is 1. The summed E-state index contributed by atoms with van der Waals surface area (Å²) >= 11 is 0. The van der Waals surface area contributed by atoms with Crippen molar-refractivity contribution in [3.63, 3.8) is 0 Å². The monoisotopic (exact) mass is 281 g/mol. The molecule has 18 heavy (non-hydrogen) atoms. The van der Waals surface area contributed by atoms with E-state index in [0.29, 0.717) is 6.54 Å². The van der Waals surface area contributed by atoms with Crippen molar-refractivity contribution in [3.05, 3.63) is 18.0 Å². The summed E-state index contributed by atoms with van der Waals surface area (Å²) in [6.07, 6.45) is -1.48. The number of primary sulfonamides is 1. The fourth-order valence-electron chi connectivity index (χ4n) is 1.35. The molecule has 1 rings (SSSR count). The Bertz CT molecular complexity index is 539. The molecule has 1 aromatic rings. The van der Waals surface area contributed by atoms with E-state index in [0.717, 1.165) is 6.07 Å². The molecular weight excluding hydrogens is 268 g/mol. The molecule has 0 saturated heterocycles. The average molecular weight is 281 g/mol. The number of halogens is 2. The molecule has 0 aliphatic heterocycles. The van der Waals surface area contributed by atoms with Crippen molar-refractivity contribution in [1.29, 1.82) is 0 Å². The van der Waals surface area contributed by atoms with Gasteiger partial charge in [0.1, 0.15) is 10.6 Å². The fourth-order valence-corrected chi connectivity index (χ4v) is 1.90. The molecule has 102 valence electrons. The Morgan fingerprint density at radius 3 is 2.61 bits per heavy atom. The van der Waals surface area contributed by atoms with Crippen LogP contribution in [0.1, 0.15) is 17.4 Å². The highest BCUT2D eigenvalue weighted by molar-refractivity contribution is 7.89. The van der Waals surface area contributed by atoms with Crippen LogP contribution in [0, 0.1) is 0 Å². The summed E-state index contributed by atoms with van der Waals surface area (Å²) in [7, 11) is -3.93. The molecule has 0 atom stereocenters. The Kier molecular flexibility index (Phi) is 4.41. The van der Waals surface area contributed by atoms with Crippen molar-refractivity contribution < 1.29 is 22.0 Å². The highest BCUT2D eigenvalue weighted by atomic mass is 32.2. The quantitative estimate of drug-likeness (QED) is 0.804. The molecule has 0 bridgehead atoms. The van der Waals surface area contributed by atoms with Crippen molar-refractivity contribution in [2.45, 2.75) is 24.8 Å². The lowest BCUT2D eigenvalue weighted by Gasteiger charge is -2.06. The Hall–Kier alpha value is -1.48. The first-order valence-corrected chi connectivity index (χ1v) is 6.59. The van der Waals surface area contributed by atoms with Crippen LogP contribution in [-0.2, 0) is 16.6 Å². The predicted molar refractivity (Wildman–Crippen MR) is 59.8 cm³/mol. The van der Waals surface area contributed by atoms with Crippen molar-refractivity contribution >= 4 is 15.9 Å². The summed E-state index contributed by atoms with van der Waals surface area (Å²) in [4.78, 5) is 11.3. The number of nitrogens with two attached hydrogens (primary N) is 1. The lowest BCUT2D eigenvalue weighted by molar-refractivity contribution is 0.0883. The molecule has 1 aromatic heterocycles. The highest BCUT2D eigenvalue weighted by Gasteiger charge is 2.18. The minimum atomic E-state index is -3.93. The van der Waals surface area contributed by atoms with Crippen LogP contribution in [0.15, 0.2) is 17.2 Å². The molecule has 9 heteroatoms. The van der Waals surface area contributed by atoms with E-state index in [2.05, 4.69) is 0 Å². The van der Waals surface area contributed by atoms with Crippen molar-refractivity contribution in [3.8, 4) is 0 Å². The van der Waals surface area contributed by atoms with Crippen LogP contribution in [0.25, 0.3) is 0 Å². The van der Waals surface area contributed by atoms with Crippen molar-refractivity contribution in [2.24, 2.45) is 5.14 Å². The number of amides is 1. The molecular formula is C9H13F2N3O3S. The molecule has 1 amide bonds. The van der Waals surface area contributed by atoms with Gasteiger partial charge < -0.3 is 9.88 Å². The SMILES string of the molecule is CCn1cc(S(N)(=O)=O)cc1C(=O)NCC(F)F. The number of carbonyl (C=O) groups is 1. The predicted octanol–water partition coefficient (Wildman–Crippen LogP) is 0.150. The van der Waals surface area contributed by atoms with Gasteiger partial charge in [-0.25, -0.2) is 22.3 Å². The zero-order valence-corrected chi connectivity index (χ0v) is 10.4. The topological polar surface area (TPSA) is 94.2 Å². The maximum absolute atomic E-state index is 12.0. The van der Waals surface area contributed by atoms with E-state index >= 15 is 0 Å². The summed E-state index contributed by atoms with van der Waals surface area (Å²) in [5, 5.41) is 6.92. The third kappa shape index (κ3) is 3.50. The second-order valence-corrected chi connectivity index (χ2v) is 5.05. The van der Waals surface area contributed by atoms with Gasteiger partial charge in [0.2, 0.25) is 10.0 Å². The second kappa shape index (κ2) is 5.44. The zero-order chi connectivity index (χ0) is 13.9. The second-order valence-electron chi connectivity index (χ2n) is 3.49. The number of nitrogens with one attached hydrogen (secondary N) is 1. The highest BCUT2D eigenvalue weighted by Crippen LogP contribution is 2.13. The summed E-state index contributed by atoms with van der Waals surface area (Å²) < 4.78 is 47.5. The zero-order valence-electron chi connectivity index (χ0n) is 9.56. The number of nitrogens with zero attached hydrogens (tertiary/aromatic N) is 1. The first-order chi connectivity index (χ1) is 8.25. The lowest BCUT2D eigenvalue weighted by Crippen LogP contribution is -2.30. The Labute approximate surface area is 103 Å². The number of aryl methyl sites for hydroxylation is 1. The van der Waals surface area contributed by atoms with E-state index in [1.165, 1.54) is 10.8 Å². The molecule has 1 heterocycles. The molecule has 0 radical (unpaired) electrons. The average Bonchev–Trinajstić information content (AvgIpc) is 2.69. The van der Waals surface area contributed by atoms with E-state index in [1.807, 2.05) is 5.32 Å². The van der Waals surface area contributed by atoms with E-state index in [4.69, 9.17) is 5.14 Å². The van der Waals surface area contributed by atoms with Crippen molar-refractivity contribution in [2.75, 3.05) is 6.54 Å². The Morgan fingerprint density at radius 2 is 2.17 bits per heavy atom. The van der Waals surface area contributed by atoms with Crippen LogP contribution < -0.4 is 10.5 Å².